The van der Waals surface area contributed by atoms with Crippen molar-refractivity contribution in [2.75, 3.05) is 18.7 Å². The van der Waals surface area contributed by atoms with E-state index >= 15 is 0 Å². The molecule has 1 atom stereocenters. The topological polar surface area (TPSA) is 78.4 Å². The van der Waals surface area contributed by atoms with E-state index in [0.717, 1.165) is 58.0 Å². The maximum Gasteiger partial charge on any atom is 0.161 e. The molecule has 0 bridgehead atoms. The number of nitrogens with zero attached hydrogens (tertiary/aromatic N) is 5. The van der Waals surface area contributed by atoms with E-state index in [0.29, 0.717) is 24.7 Å². The first-order valence-electron chi connectivity index (χ1n) is 14.0. The Morgan fingerprint density at radius 3 is 2.73 bits per heavy atom. The average Bonchev–Trinajstić information content (AvgIpc) is 3.47. The highest BCUT2D eigenvalue weighted by Gasteiger charge is 2.32. The zero-order valence-corrected chi connectivity index (χ0v) is 21.5. The third kappa shape index (κ3) is 4.38. The number of pyridine rings is 1. The Morgan fingerprint density at radius 1 is 1.14 bits per heavy atom. The zero-order chi connectivity index (χ0) is 28.0. The highest BCUT2D eigenvalue weighted by molar-refractivity contribution is 6.29. The molecule has 1 fully saturated rings. The van der Waals surface area contributed by atoms with Gasteiger partial charge >= 0.3 is 0 Å². The number of fused-ring (bicyclic) bond motifs is 1. The molecule has 3 aromatic heterocycles. The first-order valence-corrected chi connectivity index (χ1v) is 12.8. The van der Waals surface area contributed by atoms with Crippen molar-refractivity contribution in [1.82, 2.24) is 19.7 Å². The fourth-order valence-electron chi connectivity index (χ4n) is 5.62. The minimum absolute atomic E-state index is 0.128. The summed E-state index contributed by atoms with van der Waals surface area (Å²) in [5.41, 5.74) is 5.54. The number of rotatable bonds is 5. The van der Waals surface area contributed by atoms with Crippen LogP contribution in [0.15, 0.2) is 53.4 Å². The summed E-state index contributed by atoms with van der Waals surface area (Å²) < 4.78 is 41.3. The number of ether oxygens (including phenoxy) is 2. The van der Waals surface area contributed by atoms with E-state index in [1.54, 1.807) is 18.5 Å². The molecule has 8 nitrogen and oxygen atoms in total. The molecule has 1 aliphatic heterocycles. The summed E-state index contributed by atoms with van der Waals surface area (Å²) in [6.07, 6.45) is 8.03. The number of aryl methyl sites for hydroxylation is 2. The van der Waals surface area contributed by atoms with Gasteiger partial charge in [-0.15, -0.1) is 0 Å². The molecule has 0 N–H and O–H groups in total. The Kier molecular flexibility index (Phi) is 5.49. The van der Waals surface area contributed by atoms with Gasteiger partial charge in [-0.05, 0) is 75.4 Å². The molecule has 1 aromatic carbocycles. The number of methoxy groups -OCH3 is 1. The second kappa shape index (κ2) is 9.84. The summed E-state index contributed by atoms with van der Waals surface area (Å²) >= 11 is 6.07. The van der Waals surface area contributed by atoms with Crippen LogP contribution >= 0.6 is 11.6 Å². The number of halogens is 1. The monoisotopic (exact) mass is 522 g/mol. The lowest BCUT2D eigenvalue weighted by Crippen LogP contribution is -2.35. The number of hydrogen-bond donors (Lipinski definition) is 0. The first-order chi connectivity index (χ1) is 19.2. The van der Waals surface area contributed by atoms with Crippen LogP contribution in [0.3, 0.4) is 0 Å². The number of anilines is 1. The molecule has 0 radical (unpaired) electrons. The Labute approximate surface area is 225 Å². The second-order valence-corrected chi connectivity index (χ2v) is 10.1. The van der Waals surface area contributed by atoms with Crippen molar-refractivity contribution >= 4 is 28.3 Å². The van der Waals surface area contributed by atoms with E-state index in [2.05, 4.69) is 37.8 Å². The Bertz CT molecular complexity index is 1520. The Balaban J connectivity index is 1.43. The molecule has 1 saturated carbocycles. The van der Waals surface area contributed by atoms with Crippen molar-refractivity contribution in [2.45, 2.75) is 57.7 Å². The molecule has 0 unspecified atom stereocenters. The fourth-order valence-corrected chi connectivity index (χ4v) is 5.73. The van der Waals surface area contributed by atoms with Crippen LogP contribution in [-0.2, 0) is 9.47 Å². The molecule has 6 rings (SSSR count). The van der Waals surface area contributed by atoms with Crippen molar-refractivity contribution in [3.8, 4) is 11.1 Å². The summed E-state index contributed by atoms with van der Waals surface area (Å²) in [7, 11) is -2.39. The molecule has 0 saturated heterocycles. The van der Waals surface area contributed by atoms with Gasteiger partial charge < -0.3 is 23.5 Å². The number of imidazole rings is 1. The van der Waals surface area contributed by atoms with Gasteiger partial charge in [-0.2, -0.15) is 0 Å². The molecule has 37 heavy (non-hydrogen) atoms. The van der Waals surface area contributed by atoms with Crippen molar-refractivity contribution in [2.24, 2.45) is 0 Å². The second-order valence-electron chi connectivity index (χ2n) is 9.67. The van der Waals surface area contributed by atoms with E-state index in [1.807, 2.05) is 26.0 Å². The van der Waals surface area contributed by atoms with Gasteiger partial charge in [0.05, 0.1) is 45.1 Å². The summed E-state index contributed by atoms with van der Waals surface area (Å²) in [5, 5.41) is 4.55. The number of hydrogen-bond acceptors (Lipinski definition) is 7. The SMILES string of the molecule is [2H]C([2H])([2H])OC1CCC(n2c([C@@H]3C=COCN3c3ccc(Cl)nc3)nc3cc(-c4c(C)noc4C)ccc32)CC1. The summed E-state index contributed by atoms with van der Waals surface area (Å²) in [5.74, 6) is 1.64. The molecule has 1 aliphatic carbocycles. The normalized spacial score (nSPS) is 23.5. The van der Waals surface area contributed by atoms with Crippen LogP contribution in [0.2, 0.25) is 5.15 Å². The quantitative estimate of drug-likeness (QED) is 0.275. The van der Waals surface area contributed by atoms with E-state index < -0.39 is 7.04 Å². The van der Waals surface area contributed by atoms with Gasteiger partial charge in [-0.3, -0.25) is 0 Å². The zero-order valence-electron chi connectivity index (χ0n) is 23.7. The smallest absolute Gasteiger partial charge is 0.161 e. The van der Waals surface area contributed by atoms with E-state index in [9.17, 15) is 0 Å². The molecular weight excluding hydrogens is 490 g/mol. The Hall–Kier alpha value is -3.36. The predicted molar refractivity (Wildman–Crippen MR) is 143 cm³/mol. The van der Waals surface area contributed by atoms with Gasteiger partial charge in [0, 0.05) is 18.6 Å². The largest absolute Gasteiger partial charge is 0.481 e. The highest BCUT2D eigenvalue weighted by atomic mass is 35.5. The van der Waals surface area contributed by atoms with Crippen LogP contribution in [0.25, 0.3) is 22.2 Å². The minimum Gasteiger partial charge on any atom is -0.481 e. The predicted octanol–water partition coefficient (Wildman–Crippen LogP) is 6.54. The summed E-state index contributed by atoms with van der Waals surface area (Å²) in [4.78, 5) is 11.6. The van der Waals surface area contributed by atoms with Gasteiger partial charge in [0.2, 0.25) is 0 Å². The number of aromatic nitrogens is 4. The molecule has 4 heterocycles. The van der Waals surface area contributed by atoms with Crippen LogP contribution < -0.4 is 4.90 Å². The van der Waals surface area contributed by atoms with Crippen LogP contribution in [0, 0.1) is 13.8 Å². The van der Waals surface area contributed by atoms with Gasteiger partial charge in [0.15, 0.2) is 6.73 Å². The average molecular weight is 523 g/mol. The maximum atomic E-state index is 7.51. The summed E-state index contributed by atoms with van der Waals surface area (Å²) in [6, 6.07) is 9.87. The van der Waals surface area contributed by atoms with E-state index in [4.69, 9.17) is 34.7 Å². The van der Waals surface area contributed by atoms with Crippen LogP contribution in [0.1, 0.15) is 59.2 Å². The first kappa shape index (κ1) is 20.7. The third-order valence-corrected chi connectivity index (χ3v) is 7.65. The molecule has 0 amide bonds. The molecule has 9 heteroatoms. The standard InChI is InChI=1S/C28H30ClN5O3/c1-17-27(18(2)37-32-17)19-4-10-24-23(14-19)31-28(34(24)20-5-8-22(35-3)9-6-20)25-12-13-36-16-33(25)21-7-11-26(29)30-15-21/h4,7,10-15,20,22,25H,5-6,8-9,16H2,1-3H3/t20?,22?,25-/m0/s1/i3D3. The molecule has 4 aromatic rings. The van der Waals surface area contributed by atoms with E-state index in [1.165, 1.54) is 0 Å². The lowest BCUT2D eigenvalue weighted by atomic mass is 9.92. The van der Waals surface area contributed by atoms with Crippen molar-refractivity contribution in [3.05, 3.63) is 71.3 Å². The van der Waals surface area contributed by atoms with E-state index in [-0.39, 0.29) is 18.2 Å². The highest BCUT2D eigenvalue weighted by Crippen LogP contribution is 2.40. The van der Waals surface area contributed by atoms with Crippen molar-refractivity contribution in [3.63, 3.8) is 0 Å². The molecule has 192 valence electrons. The van der Waals surface area contributed by atoms with Gasteiger partial charge in [-0.25, -0.2) is 9.97 Å². The summed E-state index contributed by atoms with van der Waals surface area (Å²) in [6.45, 7) is 4.18. The van der Waals surface area contributed by atoms with Gasteiger partial charge in [0.1, 0.15) is 22.8 Å². The van der Waals surface area contributed by atoms with Gasteiger partial charge in [0.25, 0.3) is 0 Å². The maximum absolute atomic E-state index is 7.51. The van der Waals surface area contributed by atoms with Crippen molar-refractivity contribution < 1.29 is 18.1 Å². The Morgan fingerprint density at radius 2 is 2.00 bits per heavy atom. The molecule has 2 aliphatic rings. The third-order valence-electron chi connectivity index (χ3n) is 7.43. The lowest BCUT2D eigenvalue weighted by molar-refractivity contribution is 0.0584. The lowest BCUT2D eigenvalue weighted by Gasteiger charge is -2.36. The number of benzene rings is 1. The molecule has 0 spiro atoms. The van der Waals surface area contributed by atoms with Gasteiger partial charge in [-0.1, -0.05) is 22.8 Å². The fraction of sp³-hybridized carbons (Fsp3) is 0.393. The van der Waals surface area contributed by atoms with Crippen LogP contribution in [-0.4, -0.2) is 39.6 Å². The van der Waals surface area contributed by atoms with Crippen LogP contribution in [0.5, 0.6) is 0 Å². The van der Waals surface area contributed by atoms with Crippen molar-refractivity contribution in [1.29, 1.82) is 0 Å². The minimum atomic E-state index is -2.39. The van der Waals surface area contributed by atoms with Crippen LogP contribution in [0.4, 0.5) is 5.69 Å². The molecular formula is C28H30ClN5O3.